The first kappa shape index (κ1) is 47.6. The number of ether oxygens (including phenoxy) is 2. The van der Waals surface area contributed by atoms with E-state index in [0.717, 1.165) is 6.26 Å². The topological polar surface area (TPSA) is 35.5 Å². The van der Waals surface area contributed by atoms with Gasteiger partial charge in [0.25, 0.3) is 0 Å². The third-order valence-corrected chi connectivity index (χ3v) is 5.97. The van der Waals surface area contributed by atoms with E-state index in [1.165, 1.54) is 20.8 Å². The third-order valence-electron chi connectivity index (χ3n) is 5.97. The summed E-state index contributed by atoms with van der Waals surface area (Å²) in [6.45, 7) is 11.0. The van der Waals surface area contributed by atoms with Gasteiger partial charge in [-0.3, -0.25) is 0 Å². The predicted molar refractivity (Wildman–Crippen MR) is 139 cm³/mol. The van der Waals surface area contributed by atoms with Crippen LogP contribution in [0.5, 0.6) is 0 Å². The van der Waals surface area contributed by atoms with E-state index in [9.17, 15) is 83.8 Å². The second-order valence-corrected chi connectivity index (χ2v) is 10.9. The van der Waals surface area contributed by atoms with Crippen LogP contribution in [0.1, 0.15) is 51.3 Å². The van der Waals surface area contributed by atoms with Gasteiger partial charge in [0.1, 0.15) is 11.2 Å². The molecule has 0 N–H and O–H groups in total. The molecular weight excluding hydrogens is 726 g/mol. The van der Waals surface area contributed by atoms with Crippen LogP contribution in [0.15, 0.2) is 49.8 Å². The van der Waals surface area contributed by atoms with Gasteiger partial charge in [-0.05, 0) is 51.3 Å². The number of halogens is 18. The molecule has 1 aromatic carbocycles. The number of hydrogen-bond acceptors (Lipinski definition) is 3. The van der Waals surface area contributed by atoms with Crippen molar-refractivity contribution in [3.8, 4) is 0 Å². The second-order valence-electron chi connectivity index (χ2n) is 10.9. The van der Waals surface area contributed by atoms with Gasteiger partial charge in [0.05, 0.1) is 6.26 Å². The summed E-state index contributed by atoms with van der Waals surface area (Å²) in [4.78, 5) is 10.8. The van der Waals surface area contributed by atoms with E-state index in [1.807, 2.05) is 0 Å². The maximum Gasteiger partial charge on any atom is 0.422 e. The zero-order valence-electron chi connectivity index (χ0n) is 25.7. The molecule has 0 unspecified atom stereocenters. The summed E-state index contributed by atoms with van der Waals surface area (Å²) in [6.07, 6.45) is -31.9. The molecule has 21 heteroatoms. The third kappa shape index (κ3) is 13.0. The molecule has 284 valence electrons. The molecule has 0 aliphatic heterocycles. The van der Waals surface area contributed by atoms with E-state index in [0.29, 0.717) is 6.08 Å². The lowest BCUT2D eigenvalue weighted by molar-refractivity contribution is -0.298. The van der Waals surface area contributed by atoms with Crippen LogP contribution < -0.4 is 0 Å². The minimum absolute atomic E-state index is 0.199. The van der Waals surface area contributed by atoms with Crippen LogP contribution >= 0.6 is 0 Å². The van der Waals surface area contributed by atoms with Crippen LogP contribution in [0.3, 0.4) is 0 Å². The molecule has 0 aromatic heterocycles. The molecule has 0 amide bonds. The van der Waals surface area contributed by atoms with E-state index in [4.69, 9.17) is 0 Å². The van der Waals surface area contributed by atoms with Gasteiger partial charge in [0.2, 0.25) is 0 Å². The smallest absolute Gasteiger partial charge is 0.422 e. The molecule has 1 aromatic rings. The van der Waals surface area contributed by atoms with Crippen molar-refractivity contribution in [2.24, 2.45) is 0 Å². The Balaban J connectivity index is 0. The molecule has 0 heterocycles. The van der Waals surface area contributed by atoms with Gasteiger partial charge in [0, 0.05) is 0 Å². The van der Waals surface area contributed by atoms with Crippen molar-refractivity contribution in [2.45, 2.75) is 88.1 Å². The SMILES string of the molecule is C=C(C(=O)OC(C)(C)C)C(F)(F)F.C=COCC(F)(F)F.C=Cc1cc(C(C)(C(F)(F)F)C(F)(F)F)cc(C(C)(C(F)(F)F)C(F)(F)F)c1. The highest BCUT2D eigenvalue weighted by Crippen LogP contribution is 2.55. The molecule has 0 atom stereocenters. The Morgan fingerprint density at radius 2 is 0.959 bits per heavy atom. The Labute approximate surface area is 267 Å². The number of hydrogen-bond donors (Lipinski definition) is 0. The Morgan fingerprint density at radius 1 is 0.633 bits per heavy atom. The van der Waals surface area contributed by atoms with E-state index >= 15 is 0 Å². The maximum atomic E-state index is 13.2. The fraction of sp³-hybridized carbons (Fsp3) is 0.536. The number of benzene rings is 1. The Bertz CT molecular complexity index is 1200. The van der Waals surface area contributed by atoms with E-state index in [-0.39, 0.29) is 32.0 Å². The summed E-state index contributed by atoms with van der Waals surface area (Å²) >= 11 is 0. The van der Waals surface area contributed by atoms with E-state index in [2.05, 4.69) is 29.2 Å². The van der Waals surface area contributed by atoms with Crippen LogP contribution in [-0.2, 0) is 25.1 Å². The molecule has 3 nitrogen and oxygen atoms in total. The number of alkyl halides is 18. The van der Waals surface area contributed by atoms with Gasteiger partial charge in [-0.1, -0.05) is 44.0 Å². The fourth-order valence-corrected chi connectivity index (χ4v) is 2.93. The van der Waals surface area contributed by atoms with Crippen molar-refractivity contribution in [1.82, 2.24) is 0 Å². The van der Waals surface area contributed by atoms with Crippen molar-refractivity contribution in [3.63, 3.8) is 0 Å². The summed E-state index contributed by atoms with van der Waals surface area (Å²) in [6, 6.07) is 0.0320. The zero-order valence-corrected chi connectivity index (χ0v) is 25.7. The summed E-state index contributed by atoms with van der Waals surface area (Å²) < 4.78 is 236. The standard InChI is InChI=1S/C16H12F12.C8H11F3O2.C4H5F3O/c1-4-8-5-9(11(2,13(17,18)19)14(20,21)22)7-10(6-8)12(3,15(23,24)25)16(26,27)28;1-5(8(9,10)11)6(12)13-7(2,3)4;1-2-8-3-4(5,6)7/h4-7H,1H2,2-3H3;1H2,2-4H3;2H,1,3H2. The maximum absolute atomic E-state index is 13.2. The summed E-state index contributed by atoms with van der Waals surface area (Å²) in [5.74, 6) is -1.43. The van der Waals surface area contributed by atoms with E-state index in [1.54, 1.807) is 0 Å². The van der Waals surface area contributed by atoms with Gasteiger partial charge in [-0.25, -0.2) is 4.79 Å². The lowest BCUT2D eigenvalue weighted by Crippen LogP contribution is -2.53. The van der Waals surface area contributed by atoms with Gasteiger partial charge in [0.15, 0.2) is 17.4 Å². The van der Waals surface area contributed by atoms with E-state index < -0.39 is 88.3 Å². The average Bonchev–Trinajstić information content (AvgIpc) is 2.86. The minimum atomic E-state index is -6.06. The van der Waals surface area contributed by atoms with Gasteiger partial charge in [-0.15, -0.1) is 0 Å². The molecule has 0 aliphatic rings. The molecule has 0 aliphatic carbocycles. The van der Waals surface area contributed by atoms with Gasteiger partial charge < -0.3 is 9.47 Å². The Kier molecular flexibility index (Phi) is 15.1. The highest BCUT2D eigenvalue weighted by molar-refractivity contribution is 5.89. The second kappa shape index (κ2) is 15.6. The number of esters is 1. The van der Waals surface area contributed by atoms with Crippen molar-refractivity contribution < 1.29 is 93.3 Å². The number of carbonyl (C=O) groups is 1. The molecule has 49 heavy (non-hydrogen) atoms. The Morgan fingerprint density at radius 3 is 1.14 bits per heavy atom. The van der Waals surface area contributed by atoms with Crippen LogP contribution in [0.4, 0.5) is 79.0 Å². The van der Waals surface area contributed by atoms with Gasteiger partial charge >= 0.3 is 43.0 Å². The largest absolute Gasteiger partial charge is 0.492 e. The number of rotatable bonds is 6. The lowest BCUT2D eigenvalue weighted by atomic mass is 9.74. The lowest BCUT2D eigenvalue weighted by Gasteiger charge is -2.38. The molecule has 0 saturated carbocycles. The molecule has 0 saturated heterocycles. The first-order valence-corrected chi connectivity index (χ1v) is 12.6. The molecule has 1 rings (SSSR count). The van der Waals surface area contributed by atoms with Crippen LogP contribution in [-0.4, -0.2) is 55.2 Å². The summed E-state index contributed by atoms with van der Waals surface area (Å²) in [5.41, 5.74) is -16.3. The quantitative estimate of drug-likeness (QED) is 0.126. The van der Waals surface area contributed by atoms with Crippen LogP contribution in [0.25, 0.3) is 6.08 Å². The average molecular weight is 754 g/mol. The van der Waals surface area contributed by atoms with Crippen molar-refractivity contribution in [2.75, 3.05) is 6.61 Å². The van der Waals surface area contributed by atoms with Crippen molar-refractivity contribution in [3.05, 3.63) is 66.5 Å². The molecular formula is C28H28F18O3. The highest BCUT2D eigenvalue weighted by Gasteiger charge is 2.71. The zero-order chi connectivity index (χ0) is 40.0. The highest BCUT2D eigenvalue weighted by atomic mass is 19.4. The van der Waals surface area contributed by atoms with Crippen molar-refractivity contribution in [1.29, 1.82) is 0 Å². The summed E-state index contributed by atoms with van der Waals surface area (Å²) in [5, 5.41) is 0. The number of carbonyl (C=O) groups excluding carboxylic acids is 1. The first-order chi connectivity index (χ1) is 21.2. The van der Waals surface area contributed by atoms with Crippen molar-refractivity contribution >= 4 is 12.0 Å². The van der Waals surface area contributed by atoms with Crippen LogP contribution in [0.2, 0.25) is 0 Å². The monoisotopic (exact) mass is 754 g/mol. The predicted octanol–water partition coefficient (Wildman–Crippen LogP) is 11.2. The van der Waals surface area contributed by atoms with Gasteiger partial charge in [-0.2, -0.15) is 79.0 Å². The molecule has 0 bridgehead atoms. The van der Waals surface area contributed by atoms with Crippen LogP contribution in [0, 0.1) is 0 Å². The fourth-order valence-electron chi connectivity index (χ4n) is 2.93. The Hall–Kier alpha value is -3.55. The summed E-state index contributed by atoms with van der Waals surface area (Å²) in [7, 11) is 0. The first-order valence-electron chi connectivity index (χ1n) is 12.6. The molecule has 0 radical (unpaired) electrons. The molecule has 0 fully saturated rings. The normalized spacial score (nSPS) is 13.6. The molecule has 0 spiro atoms. The minimum Gasteiger partial charge on any atom is -0.492 e.